The maximum Gasteiger partial charge on any atom is 0.291 e. The molecule has 0 spiro atoms. The predicted octanol–water partition coefficient (Wildman–Crippen LogP) is 4.01. The molecule has 0 radical (unpaired) electrons. The van der Waals surface area contributed by atoms with Gasteiger partial charge in [0.25, 0.3) is 5.91 Å². The average molecular weight is 334 g/mol. The zero-order valence-corrected chi connectivity index (χ0v) is 14.9. The van der Waals surface area contributed by atoms with Gasteiger partial charge in [-0.1, -0.05) is 63.2 Å². The zero-order chi connectivity index (χ0) is 18.0. The topological polar surface area (TPSA) is 70.1 Å². The van der Waals surface area contributed by atoms with Gasteiger partial charge in [0.2, 0.25) is 0 Å². The van der Waals surface area contributed by atoms with Gasteiger partial charge in [-0.2, -0.15) is 10.2 Å². The van der Waals surface area contributed by atoms with E-state index in [2.05, 4.69) is 59.7 Å². The normalized spacial score (nSPS) is 12.4. The molecule has 0 aliphatic carbocycles. The molecule has 0 atom stereocenters. The second-order valence-electron chi connectivity index (χ2n) is 7.08. The third-order valence-corrected chi connectivity index (χ3v) is 4.12. The van der Waals surface area contributed by atoms with Crippen molar-refractivity contribution in [3.63, 3.8) is 0 Å². The molecule has 1 aromatic heterocycles. The molecule has 5 heteroatoms. The molecule has 0 fully saturated rings. The summed E-state index contributed by atoms with van der Waals surface area (Å²) in [7, 11) is 0. The molecule has 1 amide bonds. The molecule has 3 aromatic rings. The molecule has 25 heavy (non-hydrogen) atoms. The van der Waals surface area contributed by atoms with E-state index in [4.69, 9.17) is 0 Å². The highest BCUT2D eigenvalue weighted by Gasteiger charge is 2.19. The summed E-state index contributed by atoms with van der Waals surface area (Å²) < 4.78 is 0. The first kappa shape index (κ1) is 16.9. The van der Waals surface area contributed by atoms with Crippen molar-refractivity contribution in [2.45, 2.75) is 33.1 Å². The van der Waals surface area contributed by atoms with E-state index in [0.717, 1.165) is 27.7 Å². The van der Waals surface area contributed by atoms with Crippen LogP contribution in [0.2, 0.25) is 0 Å². The molecule has 1 heterocycles. The maximum atomic E-state index is 12.3. The lowest BCUT2D eigenvalue weighted by Crippen LogP contribution is -2.20. The van der Waals surface area contributed by atoms with Crippen LogP contribution >= 0.6 is 0 Å². The van der Waals surface area contributed by atoms with Crippen molar-refractivity contribution in [3.8, 4) is 0 Å². The summed E-state index contributed by atoms with van der Waals surface area (Å²) in [5.41, 5.74) is 5.49. The highest BCUT2D eigenvalue weighted by atomic mass is 16.2. The molecule has 2 N–H and O–H groups in total. The Morgan fingerprint density at radius 2 is 1.84 bits per heavy atom. The van der Waals surface area contributed by atoms with Gasteiger partial charge in [-0.05, 0) is 23.8 Å². The maximum absolute atomic E-state index is 12.3. The summed E-state index contributed by atoms with van der Waals surface area (Å²) in [4.78, 5) is 12.3. The first-order chi connectivity index (χ1) is 11.9. The van der Waals surface area contributed by atoms with Crippen LogP contribution in [0.15, 0.2) is 53.6 Å². The summed E-state index contributed by atoms with van der Waals surface area (Å²) in [5, 5.41) is 13.5. The molecule has 0 unspecified atom stereocenters. The molecule has 3 rings (SSSR count). The first-order valence-corrected chi connectivity index (χ1v) is 8.25. The van der Waals surface area contributed by atoms with E-state index in [9.17, 15) is 4.79 Å². The van der Waals surface area contributed by atoms with Crippen molar-refractivity contribution in [3.05, 3.63) is 65.5 Å². The number of fused-ring (bicyclic) bond motifs is 1. The molecule has 2 aromatic carbocycles. The van der Waals surface area contributed by atoms with Gasteiger partial charge in [-0.3, -0.25) is 9.89 Å². The third-order valence-electron chi connectivity index (χ3n) is 4.12. The van der Waals surface area contributed by atoms with E-state index in [-0.39, 0.29) is 11.3 Å². The SMILES string of the molecule is CC(=NNC(=O)c1cc(C(C)(C)C)[nH]n1)c1cccc2ccccc12. The highest BCUT2D eigenvalue weighted by molar-refractivity contribution is 6.10. The third kappa shape index (κ3) is 3.60. The second-order valence-corrected chi connectivity index (χ2v) is 7.08. The molecule has 0 aliphatic rings. The number of aromatic nitrogens is 2. The average Bonchev–Trinajstić information content (AvgIpc) is 3.09. The summed E-state index contributed by atoms with van der Waals surface area (Å²) >= 11 is 0. The van der Waals surface area contributed by atoms with Crippen LogP contribution in [0.1, 0.15) is 49.4 Å². The fourth-order valence-electron chi connectivity index (χ4n) is 2.62. The van der Waals surface area contributed by atoms with Crippen LogP contribution in [0.4, 0.5) is 0 Å². The number of hydrogen-bond donors (Lipinski definition) is 2. The van der Waals surface area contributed by atoms with E-state index < -0.39 is 0 Å². The Morgan fingerprint density at radius 1 is 1.12 bits per heavy atom. The van der Waals surface area contributed by atoms with Gasteiger partial charge in [0.15, 0.2) is 5.69 Å². The largest absolute Gasteiger partial charge is 0.291 e. The Morgan fingerprint density at radius 3 is 2.56 bits per heavy atom. The van der Waals surface area contributed by atoms with Gasteiger partial charge in [-0.15, -0.1) is 0 Å². The van der Waals surface area contributed by atoms with Crippen LogP contribution in [0, 0.1) is 0 Å². The fraction of sp³-hybridized carbons (Fsp3) is 0.250. The van der Waals surface area contributed by atoms with Gasteiger partial charge in [0.1, 0.15) is 0 Å². The van der Waals surface area contributed by atoms with Crippen LogP contribution in [-0.4, -0.2) is 21.8 Å². The molecule has 0 saturated heterocycles. The number of amides is 1. The molecule has 5 nitrogen and oxygen atoms in total. The standard InChI is InChI=1S/C20H22N4O/c1-13(15-11-7-9-14-8-5-6-10-16(14)15)21-24-19(25)17-12-18(23-22-17)20(2,3)4/h5-12H,1-4H3,(H,22,23)(H,24,25). The summed E-state index contributed by atoms with van der Waals surface area (Å²) in [5.74, 6) is -0.327. The smallest absolute Gasteiger partial charge is 0.281 e. The number of rotatable bonds is 3. The van der Waals surface area contributed by atoms with Gasteiger partial charge in [0.05, 0.1) is 5.71 Å². The molecule has 0 bridgehead atoms. The molecular formula is C20H22N4O. The van der Waals surface area contributed by atoms with E-state index in [0.29, 0.717) is 5.69 Å². The van der Waals surface area contributed by atoms with Gasteiger partial charge in [-0.25, -0.2) is 5.43 Å². The fourth-order valence-corrected chi connectivity index (χ4v) is 2.62. The molecule has 128 valence electrons. The van der Waals surface area contributed by atoms with Crippen LogP contribution in [0.3, 0.4) is 0 Å². The van der Waals surface area contributed by atoms with E-state index >= 15 is 0 Å². The Kier molecular flexibility index (Phi) is 4.40. The van der Waals surface area contributed by atoms with E-state index in [1.165, 1.54) is 0 Å². The number of benzene rings is 2. The minimum absolute atomic E-state index is 0.0896. The lowest BCUT2D eigenvalue weighted by molar-refractivity contribution is 0.0950. The number of hydrazone groups is 1. The highest BCUT2D eigenvalue weighted by Crippen LogP contribution is 2.21. The number of carbonyl (C=O) groups is 1. The Bertz CT molecular complexity index is 942. The number of nitrogens with one attached hydrogen (secondary N) is 2. The number of nitrogens with zero attached hydrogens (tertiary/aromatic N) is 2. The molecular weight excluding hydrogens is 312 g/mol. The summed E-state index contributed by atoms with van der Waals surface area (Å²) in [6.07, 6.45) is 0. The Balaban J connectivity index is 1.81. The van der Waals surface area contributed by atoms with Gasteiger partial charge < -0.3 is 0 Å². The first-order valence-electron chi connectivity index (χ1n) is 8.25. The lowest BCUT2D eigenvalue weighted by Gasteiger charge is -2.14. The van der Waals surface area contributed by atoms with Crippen LogP contribution in [0.5, 0.6) is 0 Å². The Hall–Kier alpha value is -2.95. The van der Waals surface area contributed by atoms with Crippen molar-refractivity contribution in [1.29, 1.82) is 0 Å². The number of carbonyl (C=O) groups excluding carboxylic acids is 1. The van der Waals surface area contributed by atoms with Gasteiger partial charge >= 0.3 is 0 Å². The van der Waals surface area contributed by atoms with Crippen LogP contribution in [-0.2, 0) is 5.41 Å². The summed E-state index contributed by atoms with van der Waals surface area (Å²) in [6, 6.07) is 15.9. The monoisotopic (exact) mass is 334 g/mol. The van der Waals surface area contributed by atoms with Gasteiger partial charge in [0, 0.05) is 16.7 Å². The number of aromatic amines is 1. The lowest BCUT2D eigenvalue weighted by atomic mass is 9.92. The number of hydrogen-bond acceptors (Lipinski definition) is 3. The predicted molar refractivity (Wildman–Crippen MR) is 101 cm³/mol. The second kappa shape index (κ2) is 6.51. The van der Waals surface area contributed by atoms with Crippen molar-refractivity contribution in [1.82, 2.24) is 15.6 Å². The van der Waals surface area contributed by atoms with E-state index in [1.54, 1.807) is 6.07 Å². The minimum atomic E-state index is -0.327. The zero-order valence-electron chi connectivity index (χ0n) is 14.9. The Labute approximate surface area is 147 Å². The minimum Gasteiger partial charge on any atom is -0.281 e. The molecule has 0 aliphatic heterocycles. The van der Waals surface area contributed by atoms with Crippen molar-refractivity contribution < 1.29 is 4.79 Å². The van der Waals surface area contributed by atoms with Crippen LogP contribution in [0.25, 0.3) is 10.8 Å². The number of H-pyrrole nitrogens is 1. The van der Waals surface area contributed by atoms with Crippen molar-refractivity contribution in [2.24, 2.45) is 5.10 Å². The van der Waals surface area contributed by atoms with Crippen molar-refractivity contribution in [2.75, 3.05) is 0 Å². The molecule has 0 saturated carbocycles. The quantitative estimate of drug-likeness (QED) is 0.561. The van der Waals surface area contributed by atoms with E-state index in [1.807, 2.05) is 31.2 Å². The van der Waals surface area contributed by atoms with Crippen molar-refractivity contribution >= 4 is 22.4 Å². The van der Waals surface area contributed by atoms with Crippen LogP contribution < -0.4 is 5.43 Å². The summed E-state index contributed by atoms with van der Waals surface area (Å²) in [6.45, 7) is 8.06.